The van der Waals surface area contributed by atoms with Crippen LogP contribution in [0.4, 0.5) is 18.9 Å². The Bertz CT molecular complexity index is 1030. The molecule has 30 heavy (non-hydrogen) atoms. The van der Waals surface area contributed by atoms with Crippen molar-refractivity contribution in [2.75, 3.05) is 31.5 Å². The lowest BCUT2D eigenvalue weighted by atomic mass is 10.2. The summed E-state index contributed by atoms with van der Waals surface area (Å²) in [5.74, 6) is -3.08. The number of hydrogen-bond acceptors (Lipinski definition) is 4. The summed E-state index contributed by atoms with van der Waals surface area (Å²) in [6.45, 7) is 3.63. The first-order chi connectivity index (χ1) is 14.1. The standard InChI is InChI=1S/C20H22F3N3O3S/c1-13-6-7-15(12-18(13)23)24-20(27)14(2)25-8-10-26(11-9-25)30(28,29)19-16(21)4-3-5-17(19)22/h3-7,12,14H,8-11H2,1-2H3,(H,24,27). The predicted molar refractivity (Wildman–Crippen MR) is 106 cm³/mol. The molecule has 162 valence electrons. The molecule has 1 saturated heterocycles. The molecule has 0 aromatic heterocycles. The number of nitrogens with zero attached hydrogens (tertiary/aromatic N) is 2. The fourth-order valence-corrected chi connectivity index (χ4v) is 4.80. The van der Waals surface area contributed by atoms with Gasteiger partial charge >= 0.3 is 0 Å². The number of aryl methyl sites for hydroxylation is 1. The molecule has 1 aliphatic rings. The molecule has 2 aromatic rings. The minimum atomic E-state index is -4.34. The van der Waals surface area contributed by atoms with Gasteiger partial charge in [-0.1, -0.05) is 12.1 Å². The number of halogens is 3. The van der Waals surface area contributed by atoms with Crippen LogP contribution in [0.15, 0.2) is 41.3 Å². The topological polar surface area (TPSA) is 69.7 Å². The van der Waals surface area contributed by atoms with Crippen molar-refractivity contribution in [3.8, 4) is 0 Å². The molecule has 1 aliphatic heterocycles. The number of sulfonamides is 1. The van der Waals surface area contributed by atoms with Crippen LogP contribution in [0.2, 0.25) is 0 Å². The Balaban J connectivity index is 1.64. The average molecular weight is 441 g/mol. The lowest BCUT2D eigenvalue weighted by Crippen LogP contribution is -2.54. The van der Waals surface area contributed by atoms with Crippen molar-refractivity contribution >= 4 is 21.6 Å². The van der Waals surface area contributed by atoms with Crippen LogP contribution in [0.25, 0.3) is 0 Å². The fourth-order valence-electron chi connectivity index (χ4n) is 3.27. The Labute approximate surface area is 173 Å². The number of rotatable bonds is 5. The van der Waals surface area contributed by atoms with Crippen LogP contribution in [-0.2, 0) is 14.8 Å². The summed E-state index contributed by atoms with van der Waals surface area (Å²) in [6, 6.07) is 6.66. The van der Waals surface area contributed by atoms with Gasteiger partial charge in [0.1, 0.15) is 17.5 Å². The van der Waals surface area contributed by atoms with Crippen molar-refractivity contribution in [1.82, 2.24) is 9.21 Å². The highest BCUT2D eigenvalue weighted by Crippen LogP contribution is 2.24. The highest BCUT2D eigenvalue weighted by molar-refractivity contribution is 7.89. The molecule has 1 heterocycles. The number of piperazine rings is 1. The third-order valence-electron chi connectivity index (χ3n) is 5.16. The van der Waals surface area contributed by atoms with E-state index in [2.05, 4.69) is 5.32 Å². The molecule has 1 N–H and O–H groups in total. The van der Waals surface area contributed by atoms with Gasteiger partial charge < -0.3 is 5.32 Å². The van der Waals surface area contributed by atoms with Crippen LogP contribution in [0.3, 0.4) is 0 Å². The molecule has 0 spiro atoms. The van der Waals surface area contributed by atoms with E-state index in [-0.39, 0.29) is 32.1 Å². The van der Waals surface area contributed by atoms with Crippen LogP contribution >= 0.6 is 0 Å². The first kappa shape index (κ1) is 22.3. The Hall–Kier alpha value is -2.43. The molecule has 0 radical (unpaired) electrons. The van der Waals surface area contributed by atoms with Crippen LogP contribution in [0, 0.1) is 24.4 Å². The van der Waals surface area contributed by atoms with E-state index < -0.39 is 38.4 Å². The molecular weight excluding hydrogens is 419 g/mol. The van der Waals surface area contributed by atoms with Crippen molar-refractivity contribution in [2.24, 2.45) is 0 Å². The molecule has 1 atom stereocenters. The maximum atomic E-state index is 13.9. The molecule has 6 nitrogen and oxygen atoms in total. The normalized spacial score (nSPS) is 17.0. The fraction of sp³-hybridized carbons (Fsp3) is 0.350. The van der Waals surface area contributed by atoms with Gasteiger partial charge in [-0.3, -0.25) is 9.69 Å². The van der Waals surface area contributed by atoms with Crippen molar-refractivity contribution < 1.29 is 26.4 Å². The molecule has 3 rings (SSSR count). The van der Waals surface area contributed by atoms with E-state index in [1.165, 1.54) is 6.07 Å². The first-order valence-electron chi connectivity index (χ1n) is 9.36. The van der Waals surface area contributed by atoms with Gasteiger partial charge in [-0.05, 0) is 43.7 Å². The van der Waals surface area contributed by atoms with E-state index in [9.17, 15) is 26.4 Å². The number of nitrogens with one attached hydrogen (secondary N) is 1. The molecule has 0 bridgehead atoms. The highest BCUT2D eigenvalue weighted by Gasteiger charge is 2.35. The Kier molecular flexibility index (Phi) is 6.49. The van der Waals surface area contributed by atoms with E-state index in [0.29, 0.717) is 11.3 Å². The zero-order valence-corrected chi connectivity index (χ0v) is 17.3. The van der Waals surface area contributed by atoms with E-state index >= 15 is 0 Å². The molecule has 2 aromatic carbocycles. The summed E-state index contributed by atoms with van der Waals surface area (Å²) < 4.78 is 67.8. The molecule has 1 amide bonds. The third-order valence-corrected chi connectivity index (χ3v) is 7.11. The number of amides is 1. The quantitative estimate of drug-likeness (QED) is 0.775. The van der Waals surface area contributed by atoms with Gasteiger partial charge in [-0.2, -0.15) is 4.31 Å². The van der Waals surface area contributed by atoms with Gasteiger partial charge in [0, 0.05) is 31.9 Å². The lowest BCUT2D eigenvalue weighted by Gasteiger charge is -2.36. The summed E-state index contributed by atoms with van der Waals surface area (Å²) in [5.41, 5.74) is 0.788. The van der Waals surface area contributed by atoms with E-state index in [4.69, 9.17) is 0 Å². The van der Waals surface area contributed by atoms with Crippen molar-refractivity contribution in [2.45, 2.75) is 24.8 Å². The predicted octanol–water partition coefficient (Wildman–Crippen LogP) is 2.75. The summed E-state index contributed by atoms with van der Waals surface area (Å²) in [4.78, 5) is 13.3. The minimum absolute atomic E-state index is 0.0209. The molecule has 10 heteroatoms. The second kappa shape index (κ2) is 8.75. The SMILES string of the molecule is Cc1ccc(NC(=O)C(C)N2CCN(S(=O)(=O)c3c(F)cccc3F)CC2)cc1F. The zero-order chi connectivity index (χ0) is 22.1. The van der Waals surface area contributed by atoms with Crippen molar-refractivity contribution in [3.05, 3.63) is 59.4 Å². The van der Waals surface area contributed by atoms with Gasteiger partial charge in [-0.25, -0.2) is 21.6 Å². The maximum Gasteiger partial charge on any atom is 0.249 e. The van der Waals surface area contributed by atoms with Gasteiger partial charge in [-0.15, -0.1) is 0 Å². The average Bonchev–Trinajstić information content (AvgIpc) is 2.70. The van der Waals surface area contributed by atoms with E-state index in [1.807, 2.05) is 0 Å². The molecule has 1 unspecified atom stereocenters. The minimum Gasteiger partial charge on any atom is -0.325 e. The smallest absolute Gasteiger partial charge is 0.249 e. The van der Waals surface area contributed by atoms with E-state index in [1.54, 1.807) is 30.9 Å². The largest absolute Gasteiger partial charge is 0.325 e. The van der Waals surface area contributed by atoms with Crippen molar-refractivity contribution in [1.29, 1.82) is 0 Å². The molecule has 0 aliphatic carbocycles. The van der Waals surface area contributed by atoms with Crippen molar-refractivity contribution in [3.63, 3.8) is 0 Å². The Morgan fingerprint density at radius 1 is 1.00 bits per heavy atom. The third kappa shape index (κ3) is 4.50. The molecule has 1 fully saturated rings. The van der Waals surface area contributed by atoms with Gasteiger partial charge in [0.25, 0.3) is 0 Å². The highest BCUT2D eigenvalue weighted by atomic mass is 32.2. The zero-order valence-electron chi connectivity index (χ0n) is 16.5. The first-order valence-corrected chi connectivity index (χ1v) is 10.8. The maximum absolute atomic E-state index is 13.9. The summed E-state index contributed by atoms with van der Waals surface area (Å²) >= 11 is 0. The van der Waals surface area contributed by atoms with E-state index in [0.717, 1.165) is 22.5 Å². The second-order valence-electron chi connectivity index (χ2n) is 7.12. The Morgan fingerprint density at radius 3 is 2.17 bits per heavy atom. The summed E-state index contributed by atoms with van der Waals surface area (Å²) in [7, 11) is -4.34. The van der Waals surface area contributed by atoms with Crippen LogP contribution in [-0.4, -0.2) is 55.8 Å². The van der Waals surface area contributed by atoms with Gasteiger partial charge in [0.15, 0.2) is 4.90 Å². The lowest BCUT2D eigenvalue weighted by molar-refractivity contribution is -0.121. The summed E-state index contributed by atoms with van der Waals surface area (Å²) in [6.07, 6.45) is 0. The number of benzene rings is 2. The van der Waals surface area contributed by atoms with Gasteiger partial charge in [0.2, 0.25) is 15.9 Å². The van der Waals surface area contributed by atoms with Crippen LogP contribution in [0.1, 0.15) is 12.5 Å². The Morgan fingerprint density at radius 2 is 1.60 bits per heavy atom. The van der Waals surface area contributed by atoms with Crippen LogP contribution < -0.4 is 5.32 Å². The number of carbonyl (C=O) groups is 1. The molecular formula is C20H22F3N3O3S. The summed E-state index contributed by atoms with van der Waals surface area (Å²) in [5, 5.41) is 2.64. The van der Waals surface area contributed by atoms with Crippen LogP contribution in [0.5, 0.6) is 0 Å². The second-order valence-corrected chi connectivity index (χ2v) is 8.99. The number of carbonyl (C=O) groups excluding carboxylic acids is 1. The molecule has 0 saturated carbocycles. The number of anilines is 1. The number of hydrogen-bond donors (Lipinski definition) is 1. The van der Waals surface area contributed by atoms with Gasteiger partial charge in [0.05, 0.1) is 6.04 Å². The monoisotopic (exact) mass is 441 g/mol.